The zero-order chi connectivity index (χ0) is 14.3. The Kier molecular flexibility index (Phi) is 6.25. The molecule has 0 radical (unpaired) electrons. The van der Waals surface area contributed by atoms with E-state index < -0.39 is 8.07 Å². The molecule has 1 aromatic rings. The van der Waals surface area contributed by atoms with E-state index in [1.807, 2.05) is 6.92 Å². The number of nitrogens with one attached hydrogen (secondary N) is 2. The molecular formula is C15H26N2OSi. The summed E-state index contributed by atoms with van der Waals surface area (Å²) in [5.41, 5.74) is 1.23. The van der Waals surface area contributed by atoms with Gasteiger partial charge in [-0.3, -0.25) is 4.79 Å². The number of hydrogen-bond donors (Lipinski definition) is 2. The van der Waals surface area contributed by atoms with E-state index in [1.54, 1.807) is 0 Å². The smallest absolute Gasteiger partial charge is 0.233 e. The number of benzene rings is 1. The number of carbonyl (C=O) groups is 1. The van der Waals surface area contributed by atoms with Crippen LogP contribution >= 0.6 is 0 Å². The highest BCUT2D eigenvalue weighted by atomic mass is 28.3. The Morgan fingerprint density at radius 1 is 1.16 bits per heavy atom. The lowest BCUT2D eigenvalue weighted by Gasteiger charge is -2.16. The van der Waals surface area contributed by atoms with Gasteiger partial charge in [0.1, 0.15) is 0 Å². The maximum Gasteiger partial charge on any atom is 0.233 e. The molecule has 0 atom stereocenters. The average molecular weight is 278 g/mol. The normalized spacial score (nSPS) is 11.4. The molecular weight excluding hydrogens is 252 g/mol. The minimum atomic E-state index is -1.20. The van der Waals surface area contributed by atoms with Gasteiger partial charge in [0.15, 0.2) is 0 Å². The van der Waals surface area contributed by atoms with Crippen molar-refractivity contribution in [2.45, 2.75) is 39.5 Å². The van der Waals surface area contributed by atoms with Gasteiger partial charge in [0.25, 0.3) is 0 Å². The van der Waals surface area contributed by atoms with E-state index >= 15 is 0 Å². The van der Waals surface area contributed by atoms with E-state index in [1.165, 1.54) is 10.8 Å². The summed E-state index contributed by atoms with van der Waals surface area (Å²) in [6.45, 7) is 11.0. The third-order valence-electron chi connectivity index (χ3n) is 3.01. The summed E-state index contributed by atoms with van der Waals surface area (Å²) in [4.78, 5) is 11.4. The fraction of sp³-hybridized carbons (Fsp3) is 0.533. The zero-order valence-electron chi connectivity index (χ0n) is 12.5. The minimum Gasteiger partial charge on any atom is -0.355 e. The lowest BCUT2D eigenvalue weighted by atomic mass is 10.2. The predicted molar refractivity (Wildman–Crippen MR) is 84.4 cm³/mol. The van der Waals surface area contributed by atoms with E-state index in [0.717, 1.165) is 19.5 Å². The van der Waals surface area contributed by atoms with Crippen molar-refractivity contribution in [1.82, 2.24) is 10.6 Å². The molecule has 0 aliphatic heterocycles. The fourth-order valence-electron chi connectivity index (χ4n) is 1.77. The summed E-state index contributed by atoms with van der Waals surface area (Å²) < 4.78 is 0. The van der Waals surface area contributed by atoms with Crippen LogP contribution in [0.5, 0.6) is 0 Å². The van der Waals surface area contributed by atoms with Crippen molar-refractivity contribution in [3.8, 4) is 0 Å². The van der Waals surface area contributed by atoms with Gasteiger partial charge in [-0.15, -0.1) is 0 Å². The topological polar surface area (TPSA) is 41.1 Å². The molecule has 0 unspecified atom stereocenters. The van der Waals surface area contributed by atoms with Crippen LogP contribution < -0.4 is 15.8 Å². The molecule has 0 fully saturated rings. The highest BCUT2D eigenvalue weighted by Crippen LogP contribution is 2.04. The maximum atomic E-state index is 11.4. The molecule has 0 spiro atoms. The SMILES string of the molecule is CCCNC(=O)CNCc1ccc([Si](C)(C)C)cc1. The van der Waals surface area contributed by atoms with Gasteiger partial charge in [-0.2, -0.15) is 0 Å². The second-order valence-electron chi connectivity index (χ2n) is 5.90. The van der Waals surface area contributed by atoms with Gasteiger partial charge in [-0.25, -0.2) is 0 Å². The fourth-order valence-corrected chi connectivity index (χ4v) is 2.94. The number of hydrogen-bond acceptors (Lipinski definition) is 2. The Morgan fingerprint density at radius 3 is 2.32 bits per heavy atom. The number of carbonyl (C=O) groups excluding carboxylic acids is 1. The summed E-state index contributed by atoms with van der Waals surface area (Å²) in [5.74, 6) is 0.0700. The van der Waals surface area contributed by atoms with Crippen LogP contribution in [-0.2, 0) is 11.3 Å². The third kappa shape index (κ3) is 6.03. The van der Waals surface area contributed by atoms with E-state index in [-0.39, 0.29) is 5.91 Å². The predicted octanol–water partition coefficient (Wildman–Crippen LogP) is 1.85. The maximum absolute atomic E-state index is 11.4. The van der Waals surface area contributed by atoms with E-state index in [9.17, 15) is 4.79 Å². The van der Waals surface area contributed by atoms with Gasteiger partial charge in [0.2, 0.25) is 5.91 Å². The first kappa shape index (κ1) is 15.9. The van der Waals surface area contributed by atoms with Gasteiger partial charge in [0.05, 0.1) is 14.6 Å². The first-order chi connectivity index (χ1) is 8.93. The van der Waals surface area contributed by atoms with Crippen molar-refractivity contribution in [2.24, 2.45) is 0 Å². The summed E-state index contributed by atoms with van der Waals surface area (Å²) in [5, 5.41) is 7.49. The van der Waals surface area contributed by atoms with E-state index in [0.29, 0.717) is 6.54 Å². The van der Waals surface area contributed by atoms with Gasteiger partial charge < -0.3 is 10.6 Å². The lowest BCUT2D eigenvalue weighted by molar-refractivity contribution is -0.120. The molecule has 4 heteroatoms. The highest BCUT2D eigenvalue weighted by molar-refractivity contribution is 6.88. The molecule has 1 amide bonds. The van der Waals surface area contributed by atoms with E-state index in [4.69, 9.17) is 0 Å². The van der Waals surface area contributed by atoms with Crippen LogP contribution in [-0.4, -0.2) is 27.1 Å². The van der Waals surface area contributed by atoms with Crippen molar-refractivity contribution in [2.75, 3.05) is 13.1 Å². The van der Waals surface area contributed by atoms with Crippen LogP contribution in [0.3, 0.4) is 0 Å². The molecule has 0 saturated heterocycles. The third-order valence-corrected chi connectivity index (χ3v) is 5.07. The summed E-state index contributed by atoms with van der Waals surface area (Å²) in [6.07, 6.45) is 0.976. The van der Waals surface area contributed by atoms with E-state index in [2.05, 4.69) is 54.5 Å². The van der Waals surface area contributed by atoms with Crippen molar-refractivity contribution >= 4 is 19.2 Å². The van der Waals surface area contributed by atoms with Crippen molar-refractivity contribution in [1.29, 1.82) is 0 Å². The monoisotopic (exact) mass is 278 g/mol. The van der Waals surface area contributed by atoms with Crippen LogP contribution in [0.15, 0.2) is 24.3 Å². The largest absolute Gasteiger partial charge is 0.355 e. The Morgan fingerprint density at radius 2 is 1.79 bits per heavy atom. The standard InChI is InChI=1S/C15H26N2OSi/c1-5-10-17-15(18)12-16-11-13-6-8-14(9-7-13)19(2,3)4/h6-9,16H,5,10-12H2,1-4H3,(H,17,18). The molecule has 0 bridgehead atoms. The zero-order valence-corrected chi connectivity index (χ0v) is 13.5. The first-order valence-corrected chi connectivity index (χ1v) is 10.5. The van der Waals surface area contributed by atoms with Crippen LogP contribution in [0.2, 0.25) is 19.6 Å². The molecule has 19 heavy (non-hydrogen) atoms. The van der Waals surface area contributed by atoms with Crippen LogP contribution in [0.25, 0.3) is 0 Å². The number of rotatable bonds is 7. The molecule has 0 heterocycles. The van der Waals surface area contributed by atoms with Crippen molar-refractivity contribution in [3.05, 3.63) is 29.8 Å². The minimum absolute atomic E-state index is 0.0700. The Balaban J connectivity index is 2.36. The molecule has 2 N–H and O–H groups in total. The summed E-state index contributed by atoms with van der Waals surface area (Å²) >= 11 is 0. The number of amides is 1. The quantitative estimate of drug-likeness (QED) is 0.747. The summed E-state index contributed by atoms with van der Waals surface area (Å²) in [6, 6.07) is 8.76. The van der Waals surface area contributed by atoms with Gasteiger partial charge >= 0.3 is 0 Å². The highest BCUT2D eigenvalue weighted by Gasteiger charge is 2.15. The van der Waals surface area contributed by atoms with Gasteiger partial charge in [-0.1, -0.05) is 56.0 Å². The van der Waals surface area contributed by atoms with Crippen molar-refractivity contribution in [3.63, 3.8) is 0 Å². The molecule has 0 saturated carbocycles. The molecule has 0 aromatic heterocycles. The molecule has 0 aliphatic rings. The molecule has 3 nitrogen and oxygen atoms in total. The molecule has 0 aliphatic carbocycles. The Bertz CT molecular complexity index is 396. The van der Waals surface area contributed by atoms with Gasteiger partial charge in [-0.05, 0) is 12.0 Å². The second kappa shape index (κ2) is 7.45. The lowest BCUT2D eigenvalue weighted by Crippen LogP contribution is -2.37. The summed E-state index contributed by atoms with van der Waals surface area (Å²) in [7, 11) is -1.20. The van der Waals surface area contributed by atoms with Crippen LogP contribution in [0.4, 0.5) is 0 Å². The average Bonchev–Trinajstić information content (AvgIpc) is 2.36. The Hall–Kier alpha value is -1.13. The van der Waals surface area contributed by atoms with Crippen LogP contribution in [0.1, 0.15) is 18.9 Å². The molecule has 106 valence electrons. The van der Waals surface area contributed by atoms with Gasteiger partial charge in [0, 0.05) is 13.1 Å². The van der Waals surface area contributed by atoms with Crippen molar-refractivity contribution < 1.29 is 4.79 Å². The molecule has 1 rings (SSSR count). The van der Waals surface area contributed by atoms with Crippen LogP contribution in [0, 0.1) is 0 Å². The first-order valence-electron chi connectivity index (χ1n) is 7.00. The second-order valence-corrected chi connectivity index (χ2v) is 11.0. The molecule has 1 aromatic carbocycles. The Labute approximate surface area is 117 Å².